The molecule has 4 atom stereocenters. The van der Waals surface area contributed by atoms with E-state index in [-0.39, 0.29) is 17.3 Å². The highest BCUT2D eigenvalue weighted by atomic mass is 32.2. The number of aromatic nitrogens is 3. The van der Waals surface area contributed by atoms with E-state index < -0.39 is 10.8 Å². The largest absolute Gasteiger partial charge is 0.497 e. The first-order valence-corrected chi connectivity index (χ1v) is 11.0. The van der Waals surface area contributed by atoms with Crippen LogP contribution in [-0.2, 0) is 10.8 Å². The molecule has 1 fully saturated rings. The molecule has 0 spiro atoms. The van der Waals surface area contributed by atoms with Gasteiger partial charge in [-0.3, -0.25) is 4.21 Å². The lowest BCUT2D eigenvalue weighted by Gasteiger charge is -2.21. The van der Waals surface area contributed by atoms with Crippen LogP contribution in [0.4, 0.5) is 0 Å². The summed E-state index contributed by atoms with van der Waals surface area (Å²) in [4.78, 5) is 0. The van der Waals surface area contributed by atoms with Crippen LogP contribution in [-0.4, -0.2) is 37.2 Å². The summed E-state index contributed by atoms with van der Waals surface area (Å²) in [5, 5.41) is 13.5. The smallest absolute Gasteiger partial charge is 0.243 e. The van der Waals surface area contributed by atoms with Crippen molar-refractivity contribution in [1.82, 2.24) is 25.7 Å². The lowest BCUT2D eigenvalue weighted by Crippen LogP contribution is -2.32. The molecule has 2 aliphatic heterocycles. The van der Waals surface area contributed by atoms with E-state index in [1.54, 1.807) is 11.8 Å². The second kappa shape index (κ2) is 7.75. The fraction of sp³-hybridized carbons (Fsp3) is 0.286. The molecule has 3 heterocycles. The average molecular weight is 423 g/mol. The molecule has 154 valence electrons. The Balaban J connectivity index is 1.48. The molecule has 0 radical (unpaired) electrons. The Morgan fingerprint density at radius 2 is 1.77 bits per heavy atom. The molecule has 0 bridgehead atoms. The lowest BCUT2D eigenvalue weighted by atomic mass is 10.0. The molecule has 5 rings (SSSR count). The lowest BCUT2D eigenvalue weighted by molar-refractivity contribution is 0.415. The topological polar surface area (TPSA) is 93.4 Å². The number of hydrazine groups is 1. The van der Waals surface area contributed by atoms with Gasteiger partial charge in [-0.25, -0.2) is 10.9 Å². The van der Waals surface area contributed by atoms with Crippen molar-refractivity contribution in [1.29, 1.82) is 0 Å². The molecule has 1 saturated heterocycles. The molecule has 4 unspecified atom stereocenters. The molecular weight excluding hydrogens is 400 g/mol. The van der Waals surface area contributed by atoms with Gasteiger partial charge < -0.3 is 4.74 Å². The maximum Gasteiger partial charge on any atom is 0.243 e. The molecular formula is C21H22N6O2S. The summed E-state index contributed by atoms with van der Waals surface area (Å²) < 4.78 is 20.0. The predicted molar refractivity (Wildman–Crippen MR) is 114 cm³/mol. The van der Waals surface area contributed by atoms with E-state index in [0.29, 0.717) is 11.0 Å². The minimum atomic E-state index is -1.34. The summed E-state index contributed by atoms with van der Waals surface area (Å²) in [5.74, 6) is 1.42. The summed E-state index contributed by atoms with van der Waals surface area (Å²) >= 11 is 0. The number of hydrogen-bond acceptors (Lipinski definition) is 7. The monoisotopic (exact) mass is 422 g/mol. The normalized spacial score (nSPS) is 25.6. The van der Waals surface area contributed by atoms with E-state index in [1.807, 2.05) is 49.4 Å². The number of benzene rings is 2. The summed E-state index contributed by atoms with van der Waals surface area (Å²) in [6.45, 7) is 1.90. The molecule has 8 nitrogen and oxygen atoms in total. The molecule has 0 amide bonds. The third kappa shape index (κ3) is 3.24. The van der Waals surface area contributed by atoms with Gasteiger partial charge >= 0.3 is 0 Å². The standard InChI is InChI=1S/C21H22N6O2S/c1-13-19(15-8-10-16(29-2)11-9-15)26-27-20(24-25-21(27)30(13)28)18-12-17(22-23-18)14-6-4-3-5-7-14/h3-11,13,17-18,22-23H,12H2,1-2H3. The van der Waals surface area contributed by atoms with Crippen molar-refractivity contribution in [3.05, 3.63) is 71.5 Å². The van der Waals surface area contributed by atoms with Gasteiger partial charge in [-0.05, 0) is 48.7 Å². The zero-order chi connectivity index (χ0) is 20.7. The molecule has 30 heavy (non-hydrogen) atoms. The second-order valence-electron chi connectivity index (χ2n) is 7.35. The molecule has 2 N–H and O–H groups in total. The average Bonchev–Trinajstić information content (AvgIpc) is 3.44. The third-order valence-corrected chi connectivity index (χ3v) is 7.01. The molecule has 1 aromatic heterocycles. The molecule has 0 saturated carbocycles. The van der Waals surface area contributed by atoms with Crippen molar-refractivity contribution >= 4 is 16.5 Å². The SMILES string of the molecule is COc1ccc(C2=Nn3c(C4CC(c5ccccc5)NN4)nnc3S(=O)C2C)cc1. The Morgan fingerprint density at radius 3 is 2.50 bits per heavy atom. The number of ether oxygens (including phenoxy) is 1. The maximum absolute atomic E-state index is 13.1. The molecule has 3 aromatic rings. The zero-order valence-corrected chi connectivity index (χ0v) is 17.5. The summed E-state index contributed by atoms with van der Waals surface area (Å²) in [7, 11) is 0.288. The first-order valence-electron chi connectivity index (χ1n) is 9.81. The van der Waals surface area contributed by atoms with Crippen molar-refractivity contribution in [3.63, 3.8) is 0 Å². The fourth-order valence-electron chi connectivity index (χ4n) is 3.85. The van der Waals surface area contributed by atoms with E-state index in [1.165, 1.54) is 5.56 Å². The van der Waals surface area contributed by atoms with E-state index in [0.717, 1.165) is 23.4 Å². The minimum absolute atomic E-state index is 0.0947. The number of rotatable bonds is 4. The van der Waals surface area contributed by atoms with Crippen LogP contribution in [0.25, 0.3) is 0 Å². The minimum Gasteiger partial charge on any atom is -0.497 e. The Kier molecular flexibility index (Phi) is 4.93. The van der Waals surface area contributed by atoms with Crippen LogP contribution in [0.2, 0.25) is 0 Å². The molecule has 0 aliphatic carbocycles. The van der Waals surface area contributed by atoms with Crippen LogP contribution in [0.1, 0.15) is 42.4 Å². The number of hydrogen-bond donors (Lipinski definition) is 2. The molecule has 2 aromatic carbocycles. The Hall–Kier alpha value is -2.88. The summed E-state index contributed by atoms with van der Waals surface area (Å²) in [6, 6.07) is 17.9. The third-order valence-electron chi connectivity index (χ3n) is 5.53. The predicted octanol–water partition coefficient (Wildman–Crippen LogP) is 2.33. The molecule has 9 heteroatoms. The van der Waals surface area contributed by atoms with Crippen molar-refractivity contribution in [2.24, 2.45) is 5.10 Å². The van der Waals surface area contributed by atoms with Crippen LogP contribution in [0.15, 0.2) is 64.9 Å². The first kappa shape index (κ1) is 19.1. The zero-order valence-electron chi connectivity index (χ0n) is 16.6. The van der Waals surface area contributed by atoms with Gasteiger partial charge in [0, 0.05) is 6.04 Å². The quantitative estimate of drug-likeness (QED) is 0.670. The van der Waals surface area contributed by atoms with Crippen molar-refractivity contribution in [3.8, 4) is 5.75 Å². The van der Waals surface area contributed by atoms with Crippen molar-refractivity contribution in [2.45, 2.75) is 35.8 Å². The van der Waals surface area contributed by atoms with Gasteiger partial charge in [0.25, 0.3) is 0 Å². The summed E-state index contributed by atoms with van der Waals surface area (Å²) in [5.41, 5.74) is 9.47. The van der Waals surface area contributed by atoms with E-state index in [2.05, 4.69) is 33.2 Å². The van der Waals surface area contributed by atoms with Crippen LogP contribution in [0.3, 0.4) is 0 Å². The van der Waals surface area contributed by atoms with Gasteiger partial charge in [0.2, 0.25) is 5.16 Å². The van der Waals surface area contributed by atoms with E-state index in [4.69, 9.17) is 9.84 Å². The number of methoxy groups -OCH3 is 1. The number of nitrogens with zero attached hydrogens (tertiary/aromatic N) is 4. The Morgan fingerprint density at radius 1 is 1.03 bits per heavy atom. The van der Waals surface area contributed by atoms with Gasteiger partial charge in [-0.15, -0.1) is 10.2 Å². The second-order valence-corrected chi connectivity index (χ2v) is 9.01. The van der Waals surface area contributed by atoms with Gasteiger partial charge in [-0.1, -0.05) is 30.3 Å². The van der Waals surface area contributed by atoms with Gasteiger partial charge in [0.15, 0.2) is 5.82 Å². The highest BCUT2D eigenvalue weighted by molar-refractivity contribution is 7.86. The van der Waals surface area contributed by atoms with Crippen LogP contribution >= 0.6 is 0 Å². The Labute approximate surface area is 176 Å². The number of nitrogens with one attached hydrogen (secondary N) is 2. The maximum atomic E-state index is 13.1. The van der Waals surface area contributed by atoms with E-state index >= 15 is 0 Å². The van der Waals surface area contributed by atoms with Crippen LogP contribution in [0, 0.1) is 0 Å². The van der Waals surface area contributed by atoms with Crippen molar-refractivity contribution in [2.75, 3.05) is 7.11 Å². The highest BCUT2D eigenvalue weighted by Crippen LogP contribution is 2.32. The van der Waals surface area contributed by atoms with E-state index in [9.17, 15) is 4.21 Å². The fourth-order valence-corrected chi connectivity index (χ4v) is 4.97. The first-order chi connectivity index (χ1) is 14.7. The summed E-state index contributed by atoms with van der Waals surface area (Å²) in [6.07, 6.45) is 0.789. The highest BCUT2D eigenvalue weighted by Gasteiger charge is 2.36. The van der Waals surface area contributed by atoms with Gasteiger partial charge in [0.1, 0.15) is 16.5 Å². The van der Waals surface area contributed by atoms with Crippen LogP contribution < -0.4 is 15.6 Å². The Bertz CT molecular complexity index is 1110. The van der Waals surface area contributed by atoms with Gasteiger partial charge in [-0.2, -0.15) is 9.78 Å². The molecule has 2 aliphatic rings. The van der Waals surface area contributed by atoms with Crippen molar-refractivity contribution < 1.29 is 8.95 Å². The van der Waals surface area contributed by atoms with Crippen LogP contribution in [0.5, 0.6) is 5.75 Å². The van der Waals surface area contributed by atoms with Gasteiger partial charge in [0.05, 0.1) is 24.1 Å². The number of fused-ring (bicyclic) bond motifs is 1.